The van der Waals surface area contributed by atoms with Crippen molar-refractivity contribution in [3.8, 4) is 0 Å². The number of aromatic amines is 1. The van der Waals surface area contributed by atoms with Crippen LogP contribution in [0.3, 0.4) is 0 Å². The van der Waals surface area contributed by atoms with Crippen LogP contribution in [-0.2, 0) is 5.75 Å². The van der Waals surface area contributed by atoms with Gasteiger partial charge in [-0.05, 0) is 56.2 Å². The number of thioether (sulfide) groups is 1. The molecule has 0 aliphatic heterocycles. The van der Waals surface area contributed by atoms with Gasteiger partial charge in [-0.2, -0.15) is 11.8 Å². The average molecular weight is 335 g/mol. The molecule has 0 bridgehead atoms. The fraction of sp³-hybridized carbons (Fsp3) is 0.375. The molecule has 118 valence electrons. The lowest BCUT2D eigenvalue weighted by Gasteiger charge is -2.11. The van der Waals surface area contributed by atoms with E-state index in [1.54, 1.807) is 6.33 Å². The standard InChI is InChI=1S/C16H22N4S2/c1-11-6-12(2)8-14(7-11)20-16(21)17-4-5-22-9-15-13(3)18-10-19-15/h6-8,10H,4-5,9H2,1-3H3,(H,18,19)(H2,17,20,21). The van der Waals surface area contributed by atoms with Crippen LogP contribution in [0.4, 0.5) is 5.69 Å². The van der Waals surface area contributed by atoms with Crippen molar-refractivity contribution in [3.63, 3.8) is 0 Å². The van der Waals surface area contributed by atoms with Gasteiger partial charge in [0.05, 0.1) is 12.0 Å². The second kappa shape index (κ2) is 8.19. The van der Waals surface area contributed by atoms with E-state index in [9.17, 15) is 0 Å². The third-order valence-corrected chi connectivity index (χ3v) is 4.40. The lowest BCUT2D eigenvalue weighted by Crippen LogP contribution is -2.30. The minimum Gasteiger partial charge on any atom is -0.362 e. The van der Waals surface area contributed by atoms with Crippen molar-refractivity contribution in [2.45, 2.75) is 26.5 Å². The Morgan fingerprint density at radius 2 is 1.95 bits per heavy atom. The van der Waals surface area contributed by atoms with Gasteiger partial charge in [-0.25, -0.2) is 4.98 Å². The van der Waals surface area contributed by atoms with Gasteiger partial charge in [-0.15, -0.1) is 0 Å². The van der Waals surface area contributed by atoms with Crippen molar-refractivity contribution in [1.82, 2.24) is 15.3 Å². The first kappa shape index (κ1) is 16.8. The van der Waals surface area contributed by atoms with Crippen molar-refractivity contribution in [3.05, 3.63) is 47.0 Å². The molecule has 0 unspecified atom stereocenters. The maximum atomic E-state index is 5.32. The molecule has 0 radical (unpaired) electrons. The van der Waals surface area contributed by atoms with Gasteiger partial charge in [0.1, 0.15) is 0 Å². The highest BCUT2D eigenvalue weighted by Crippen LogP contribution is 2.14. The summed E-state index contributed by atoms with van der Waals surface area (Å²) in [4.78, 5) is 7.38. The van der Waals surface area contributed by atoms with Gasteiger partial charge >= 0.3 is 0 Å². The summed E-state index contributed by atoms with van der Waals surface area (Å²) < 4.78 is 0. The van der Waals surface area contributed by atoms with Crippen LogP contribution in [0, 0.1) is 20.8 Å². The number of benzene rings is 1. The topological polar surface area (TPSA) is 52.7 Å². The van der Waals surface area contributed by atoms with Gasteiger partial charge in [0, 0.05) is 29.4 Å². The van der Waals surface area contributed by atoms with Gasteiger partial charge in [0.15, 0.2) is 5.11 Å². The number of hydrogen-bond donors (Lipinski definition) is 3. The van der Waals surface area contributed by atoms with E-state index >= 15 is 0 Å². The van der Waals surface area contributed by atoms with Crippen LogP contribution in [-0.4, -0.2) is 27.4 Å². The summed E-state index contributed by atoms with van der Waals surface area (Å²) in [5, 5.41) is 7.14. The van der Waals surface area contributed by atoms with Crippen LogP contribution in [0.15, 0.2) is 24.5 Å². The first-order chi connectivity index (χ1) is 10.5. The molecule has 1 aromatic heterocycles. The van der Waals surface area contributed by atoms with Crippen LogP contribution >= 0.6 is 24.0 Å². The molecule has 6 heteroatoms. The van der Waals surface area contributed by atoms with Crippen molar-refractivity contribution in [2.24, 2.45) is 0 Å². The molecule has 2 aromatic rings. The second-order valence-electron chi connectivity index (χ2n) is 5.28. The minimum atomic E-state index is 0.668. The van der Waals surface area contributed by atoms with E-state index in [4.69, 9.17) is 12.2 Å². The molecular weight excluding hydrogens is 312 g/mol. The number of nitrogens with one attached hydrogen (secondary N) is 3. The lowest BCUT2D eigenvalue weighted by molar-refractivity contribution is 0.988. The molecule has 0 aliphatic rings. The van der Waals surface area contributed by atoms with E-state index in [1.807, 2.05) is 18.7 Å². The Labute approximate surface area is 141 Å². The Bertz CT molecular complexity index is 617. The van der Waals surface area contributed by atoms with Gasteiger partial charge in [-0.1, -0.05) is 6.07 Å². The van der Waals surface area contributed by atoms with E-state index in [-0.39, 0.29) is 0 Å². The Morgan fingerprint density at radius 1 is 1.23 bits per heavy atom. The normalized spacial score (nSPS) is 10.5. The number of imidazole rings is 1. The monoisotopic (exact) mass is 334 g/mol. The van der Waals surface area contributed by atoms with Gasteiger partial charge in [-0.3, -0.25) is 0 Å². The SMILES string of the molecule is Cc1cc(C)cc(NC(=S)NCCSCc2nc[nH]c2C)c1. The van der Waals surface area contributed by atoms with E-state index in [0.29, 0.717) is 5.11 Å². The summed E-state index contributed by atoms with van der Waals surface area (Å²) in [6.45, 7) is 7.06. The average Bonchev–Trinajstić information content (AvgIpc) is 2.82. The van der Waals surface area contributed by atoms with Crippen LogP contribution in [0.25, 0.3) is 0 Å². The molecule has 0 atom stereocenters. The summed E-state index contributed by atoms with van der Waals surface area (Å²) in [6.07, 6.45) is 1.74. The number of H-pyrrole nitrogens is 1. The van der Waals surface area contributed by atoms with Crippen LogP contribution in [0.5, 0.6) is 0 Å². The largest absolute Gasteiger partial charge is 0.362 e. The highest BCUT2D eigenvalue weighted by Gasteiger charge is 2.02. The number of anilines is 1. The van der Waals surface area contributed by atoms with Crippen molar-refractivity contribution in [2.75, 3.05) is 17.6 Å². The van der Waals surface area contributed by atoms with Crippen LogP contribution in [0.1, 0.15) is 22.5 Å². The number of aryl methyl sites for hydroxylation is 3. The van der Waals surface area contributed by atoms with Crippen LogP contribution in [0.2, 0.25) is 0 Å². The maximum absolute atomic E-state index is 5.32. The fourth-order valence-corrected chi connectivity index (χ4v) is 3.26. The number of nitrogens with zero attached hydrogens (tertiary/aromatic N) is 1. The molecule has 0 saturated carbocycles. The van der Waals surface area contributed by atoms with E-state index in [0.717, 1.165) is 35.1 Å². The van der Waals surface area contributed by atoms with Crippen LogP contribution < -0.4 is 10.6 Å². The summed E-state index contributed by atoms with van der Waals surface area (Å²) in [5.41, 5.74) is 5.77. The zero-order valence-electron chi connectivity index (χ0n) is 13.2. The zero-order chi connectivity index (χ0) is 15.9. The molecule has 1 aromatic carbocycles. The first-order valence-electron chi connectivity index (χ1n) is 7.24. The predicted octanol–water partition coefficient (Wildman–Crippen LogP) is 3.55. The Hall–Kier alpha value is -1.53. The fourth-order valence-electron chi connectivity index (χ4n) is 2.16. The number of rotatable bonds is 6. The molecule has 2 rings (SSSR count). The predicted molar refractivity (Wildman–Crippen MR) is 99.6 cm³/mol. The molecule has 0 spiro atoms. The summed E-state index contributed by atoms with van der Waals surface area (Å²) in [6, 6.07) is 6.33. The summed E-state index contributed by atoms with van der Waals surface area (Å²) in [5.74, 6) is 1.91. The third kappa shape index (κ3) is 5.35. The third-order valence-electron chi connectivity index (χ3n) is 3.18. The summed E-state index contributed by atoms with van der Waals surface area (Å²) >= 11 is 7.17. The first-order valence-corrected chi connectivity index (χ1v) is 8.80. The minimum absolute atomic E-state index is 0.668. The smallest absolute Gasteiger partial charge is 0.170 e. The van der Waals surface area contributed by atoms with Gasteiger partial charge in [0.2, 0.25) is 0 Å². The molecular formula is C16H22N4S2. The number of thiocarbonyl (C=S) groups is 1. The molecule has 0 saturated heterocycles. The van der Waals surface area contributed by atoms with Crippen molar-refractivity contribution < 1.29 is 0 Å². The highest BCUT2D eigenvalue weighted by atomic mass is 32.2. The van der Waals surface area contributed by atoms with E-state index in [2.05, 4.69) is 52.6 Å². The van der Waals surface area contributed by atoms with Crippen molar-refractivity contribution in [1.29, 1.82) is 0 Å². The quantitative estimate of drug-likeness (QED) is 0.557. The number of aromatic nitrogens is 2. The summed E-state index contributed by atoms with van der Waals surface area (Å²) in [7, 11) is 0. The highest BCUT2D eigenvalue weighted by molar-refractivity contribution is 7.98. The Morgan fingerprint density at radius 3 is 2.59 bits per heavy atom. The zero-order valence-corrected chi connectivity index (χ0v) is 14.8. The molecule has 1 heterocycles. The lowest BCUT2D eigenvalue weighted by atomic mass is 10.1. The molecule has 22 heavy (non-hydrogen) atoms. The Kier molecular flexibility index (Phi) is 6.27. The molecule has 0 amide bonds. The number of hydrogen-bond acceptors (Lipinski definition) is 3. The second-order valence-corrected chi connectivity index (χ2v) is 6.80. The molecule has 3 N–H and O–H groups in total. The van der Waals surface area contributed by atoms with E-state index < -0.39 is 0 Å². The molecule has 4 nitrogen and oxygen atoms in total. The van der Waals surface area contributed by atoms with Gasteiger partial charge in [0.25, 0.3) is 0 Å². The van der Waals surface area contributed by atoms with Crippen molar-refractivity contribution >= 4 is 34.8 Å². The molecule has 0 fully saturated rings. The Balaban J connectivity index is 1.66. The van der Waals surface area contributed by atoms with E-state index in [1.165, 1.54) is 11.1 Å². The molecule has 0 aliphatic carbocycles. The maximum Gasteiger partial charge on any atom is 0.170 e. The van der Waals surface area contributed by atoms with Gasteiger partial charge < -0.3 is 15.6 Å².